The monoisotopic (exact) mass is 402 g/mol. The molecule has 3 aliphatic rings. The number of urea groups is 1. The Kier molecular flexibility index (Phi) is 7.71. The van der Waals surface area contributed by atoms with E-state index < -0.39 is 11.9 Å². The standard InChI is InChI=1S/C21H30N4O4/c1-2-3-4-10-25-20(27)17-7-6-16(15-18(17)23-21(25)28)19(26)22-8-5-9-24-11-13-29-14-12-24/h6-7,15,17H,2-5,8-14H2,1H3,(H,22,26). The molecule has 1 N–H and O–H groups in total. The normalized spacial score (nSPS) is 22.2. The molecule has 2 aliphatic heterocycles. The SMILES string of the molecule is CCCCCN1C(=O)N=C2C=C(C(=O)NCCCN3CCOCC3)C=CC2C1=O. The van der Waals surface area contributed by atoms with Gasteiger partial charge in [-0.2, -0.15) is 4.99 Å². The van der Waals surface area contributed by atoms with E-state index in [0.29, 0.717) is 24.4 Å². The molecule has 3 rings (SSSR count). The van der Waals surface area contributed by atoms with Gasteiger partial charge in [0, 0.05) is 31.8 Å². The van der Waals surface area contributed by atoms with Gasteiger partial charge in [0.25, 0.3) is 5.91 Å². The fourth-order valence-corrected chi connectivity index (χ4v) is 3.64. The predicted octanol–water partition coefficient (Wildman–Crippen LogP) is 1.53. The van der Waals surface area contributed by atoms with Gasteiger partial charge in [-0.15, -0.1) is 0 Å². The van der Waals surface area contributed by atoms with Crippen LogP contribution >= 0.6 is 0 Å². The van der Waals surface area contributed by atoms with E-state index in [9.17, 15) is 14.4 Å². The fraction of sp³-hybridized carbons (Fsp3) is 0.619. The van der Waals surface area contributed by atoms with Crippen LogP contribution in [0.4, 0.5) is 4.79 Å². The van der Waals surface area contributed by atoms with Crippen molar-refractivity contribution >= 4 is 23.6 Å². The lowest BCUT2D eigenvalue weighted by Crippen LogP contribution is -2.46. The third-order valence-electron chi connectivity index (χ3n) is 5.37. The Morgan fingerprint density at radius 2 is 2.00 bits per heavy atom. The summed E-state index contributed by atoms with van der Waals surface area (Å²) < 4.78 is 5.32. The molecule has 1 saturated heterocycles. The topological polar surface area (TPSA) is 91.3 Å². The van der Waals surface area contributed by atoms with Crippen LogP contribution < -0.4 is 5.32 Å². The van der Waals surface area contributed by atoms with Crippen molar-refractivity contribution in [2.24, 2.45) is 10.9 Å². The first kappa shape index (κ1) is 21.4. The number of amides is 4. The highest BCUT2D eigenvalue weighted by Crippen LogP contribution is 2.22. The number of hydrogen-bond acceptors (Lipinski definition) is 5. The molecule has 1 unspecified atom stereocenters. The Bertz CT molecular complexity index is 722. The summed E-state index contributed by atoms with van der Waals surface area (Å²) in [6.45, 7) is 7.35. The van der Waals surface area contributed by atoms with Crippen molar-refractivity contribution in [1.29, 1.82) is 0 Å². The Labute approximate surface area is 171 Å². The molecule has 1 atom stereocenters. The maximum absolute atomic E-state index is 12.6. The van der Waals surface area contributed by atoms with Crippen LogP contribution in [0.15, 0.2) is 28.8 Å². The van der Waals surface area contributed by atoms with E-state index in [0.717, 1.165) is 58.5 Å². The van der Waals surface area contributed by atoms with E-state index in [1.54, 1.807) is 18.2 Å². The lowest BCUT2D eigenvalue weighted by Gasteiger charge is -2.29. The molecule has 158 valence electrons. The number of carbonyl (C=O) groups is 3. The van der Waals surface area contributed by atoms with Gasteiger partial charge in [-0.1, -0.05) is 31.9 Å². The number of ether oxygens (including phenoxy) is 1. The van der Waals surface area contributed by atoms with E-state index in [1.165, 1.54) is 4.90 Å². The minimum absolute atomic E-state index is 0.213. The molecule has 8 heteroatoms. The van der Waals surface area contributed by atoms with Crippen LogP contribution in [-0.2, 0) is 14.3 Å². The number of hydrogen-bond donors (Lipinski definition) is 1. The largest absolute Gasteiger partial charge is 0.379 e. The molecule has 29 heavy (non-hydrogen) atoms. The van der Waals surface area contributed by atoms with Crippen molar-refractivity contribution in [3.8, 4) is 0 Å². The fourth-order valence-electron chi connectivity index (χ4n) is 3.64. The van der Waals surface area contributed by atoms with E-state index in [4.69, 9.17) is 4.74 Å². The van der Waals surface area contributed by atoms with Crippen molar-refractivity contribution in [3.63, 3.8) is 0 Å². The summed E-state index contributed by atoms with van der Waals surface area (Å²) in [6.07, 6.45) is 8.49. The molecular formula is C21H30N4O4. The number of allylic oxidation sites excluding steroid dienone is 1. The molecule has 0 radical (unpaired) electrons. The van der Waals surface area contributed by atoms with Gasteiger partial charge in [0.15, 0.2) is 0 Å². The second-order valence-corrected chi connectivity index (χ2v) is 7.52. The first-order valence-corrected chi connectivity index (χ1v) is 10.5. The van der Waals surface area contributed by atoms with E-state index in [2.05, 4.69) is 22.1 Å². The number of rotatable bonds is 9. The van der Waals surface area contributed by atoms with E-state index in [1.807, 2.05) is 0 Å². The van der Waals surface area contributed by atoms with Crippen LogP contribution in [0.2, 0.25) is 0 Å². The summed E-state index contributed by atoms with van der Waals surface area (Å²) in [5.41, 5.74) is 0.777. The van der Waals surface area contributed by atoms with Crippen LogP contribution in [-0.4, -0.2) is 79.3 Å². The number of unbranched alkanes of at least 4 members (excludes halogenated alkanes) is 2. The second-order valence-electron chi connectivity index (χ2n) is 7.52. The smallest absolute Gasteiger partial charge is 0.350 e. The highest BCUT2D eigenvalue weighted by atomic mass is 16.5. The third kappa shape index (κ3) is 5.61. The van der Waals surface area contributed by atoms with Gasteiger partial charge in [0.1, 0.15) is 0 Å². The summed E-state index contributed by atoms with van der Waals surface area (Å²) in [7, 11) is 0. The van der Waals surface area contributed by atoms with Crippen molar-refractivity contribution in [2.45, 2.75) is 32.6 Å². The minimum Gasteiger partial charge on any atom is -0.379 e. The van der Waals surface area contributed by atoms with E-state index in [-0.39, 0.29) is 11.8 Å². The summed E-state index contributed by atoms with van der Waals surface area (Å²) in [6, 6.07) is -0.533. The van der Waals surface area contributed by atoms with Gasteiger partial charge in [-0.3, -0.25) is 19.4 Å². The number of aliphatic imine (C=N–C) groups is 1. The molecule has 1 aliphatic carbocycles. The molecule has 0 aromatic rings. The first-order valence-electron chi connectivity index (χ1n) is 10.5. The number of nitrogens with one attached hydrogen (secondary N) is 1. The molecular weight excluding hydrogens is 372 g/mol. The first-order chi connectivity index (χ1) is 14.1. The van der Waals surface area contributed by atoms with Crippen LogP contribution in [0.5, 0.6) is 0 Å². The molecule has 4 amide bonds. The Balaban J connectivity index is 1.51. The number of imide groups is 1. The quantitative estimate of drug-likeness (QED) is 0.591. The number of nitrogens with zero attached hydrogens (tertiary/aromatic N) is 3. The number of fused-ring (bicyclic) bond motifs is 1. The zero-order valence-corrected chi connectivity index (χ0v) is 17.1. The van der Waals surface area contributed by atoms with Crippen molar-refractivity contribution in [1.82, 2.24) is 15.1 Å². The Hall–Kier alpha value is -2.32. The Morgan fingerprint density at radius 3 is 2.76 bits per heavy atom. The van der Waals surface area contributed by atoms with Gasteiger partial charge in [-0.05, 0) is 25.5 Å². The van der Waals surface area contributed by atoms with Gasteiger partial charge in [0.2, 0.25) is 5.91 Å². The average Bonchev–Trinajstić information content (AvgIpc) is 2.74. The molecule has 8 nitrogen and oxygen atoms in total. The number of carbonyl (C=O) groups excluding carboxylic acids is 3. The number of morpholine rings is 1. The highest BCUT2D eigenvalue weighted by Gasteiger charge is 2.36. The van der Waals surface area contributed by atoms with Crippen molar-refractivity contribution < 1.29 is 19.1 Å². The molecule has 0 bridgehead atoms. The van der Waals surface area contributed by atoms with Crippen LogP contribution in [0.25, 0.3) is 0 Å². The average molecular weight is 402 g/mol. The molecule has 0 saturated carbocycles. The molecule has 0 aromatic heterocycles. The zero-order chi connectivity index (χ0) is 20.6. The molecule has 2 heterocycles. The highest BCUT2D eigenvalue weighted by molar-refractivity contribution is 6.23. The summed E-state index contributed by atoms with van der Waals surface area (Å²) in [5.74, 6) is -1.05. The van der Waals surface area contributed by atoms with Gasteiger partial charge < -0.3 is 10.1 Å². The second kappa shape index (κ2) is 10.5. The molecule has 0 aromatic carbocycles. The van der Waals surface area contributed by atoms with Crippen LogP contribution in [0.3, 0.4) is 0 Å². The van der Waals surface area contributed by atoms with E-state index >= 15 is 0 Å². The van der Waals surface area contributed by atoms with Crippen LogP contribution in [0, 0.1) is 5.92 Å². The molecule has 1 fully saturated rings. The lowest BCUT2D eigenvalue weighted by molar-refractivity contribution is -0.129. The summed E-state index contributed by atoms with van der Waals surface area (Å²) in [4.78, 5) is 44.9. The predicted molar refractivity (Wildman–Crippen MR) is 110 cm³/mol. The minimum atomic E-state index is -0.577. The lowest BCUT2D eigenvalue weighted by atomic mass is 9.91. The van der Waals surface area contributed by atoms with Crippen molar-refractivity contribution in [2.75, 3.05) is 45.9 Å². The third-order valence-corrected chi connectivity index (χ3v) is 5.37. The van der Waals surface area contributed by atoms with Crippen molar-refractivity contribution in [3.05, 3.63) is 23.8 Å². The maximum Gasteiger partial charge on any atom is 0.350 e. The van der Waals surface area contributed by atoms with Gasteiger partial charge in [0.05, 0.1) is 24.8 Å². The molecule has 0 spiro atoms. The van der Waals surface area contributed by atoms with Gasteiger partial charge >= 0.3 is 6.03 Å². The zero-order valence-electron chi connectivity index (χ0n) is 17.1. The summed E-state index contributed by atoms with van der Waals surface area (Å²) in [5, 5.41) is 2.90. The summed E-state index contributed by atoms with van der Waals surface area (Å²) >= 11 is 0. The van der Waals surface area contributed by atoms with Gasteiger partial charge in [-0.25, -0.2) is 4.79 Å². The Morgan fingerprint density at radius 1 is 1.21 bits per heavy atom. The van der Waals surface area contributed by atoms with Crippen LogP contribution in [0.1, 0.15) is 32.6 Å². The maximum atomic E-state index is 12.6.